The number of nitriles is 1. The van der Waals surface area contributed by atoms with Crippen molar-refractivity contribution < 1.29 is 4.79 Å². The first-order valence-corrected chi connectivity index (χ1v) is 10.1. The van der Waals surface area contributed by atoms with Gasteiger partial charge in [0.15, 0.2) is 0 Å². The number of carbonyl (C=O) groups is 1. The van der Waals surface area contributed by atoms with E-state index in [0.717, 1.165) is 16.9 Å². The third-order valence-corrected chi connectivity index (χ3v) is 5.29. The van der Waals surface area contributed by atoms with E-state index in [4.69, 9.17) is 0 Å². The predicted molar refractivity (Wildman–Crippen MR) is 109 cm³/mol. The third kappa shape index (κ3) is 4.55. The van der Waals surface area contributed by atoms with Crippen molar-refractivity contribution in [1.82, 2.24) is 25.3 Å². The van der Waals surface area contributed by atoms with Crippen LogP contribution in [-0.4, -0.2) is 25.9 Å². The lowest BCUT2D eigenvalue weighted by Gasteiger charge is -2.10. The van der Waals surface area contributed by atoms with Gasteiger partial charge in [-0.2, -0.15) is 10.4 Å². The lowest BCUT2D eigenvalue weighted by Crippen LogP contribution is -2.29. The van der Waals surface area contributed by atoms with Gasteiger partial charge in [0, 0.05) is 6.54 Å². The highest BCUT2D eigenvalue weighted by Crippen LogP contribution is 2.13. The quantitative estimate of drug-likeness (QED) is 0.640. The molecule has 3 rings (SSSR count). The Hall–Kier alpha value is -3.38. The Balaban J connectivity index is 1.77. The van der Waals surface area contributed by atoms with Crippen molar-refractivity contribution in [3.63, 3.8) is 0 Å². The molecular formula is C20H20N6O2S. The number of hydrogen-bond acceptors (Lipinski definition) is 7. The van der Waals surface area contributed by atoms with Crippen molar-refractivity contribution >= 4 is 17.2 Å². The van der Waals surface area contributed by atoms with Crippen LogP contribution in [0, 0.1) is 11.3 Å². The van der Waals surface area contributed by atoms with E-state index in [1.54, 1.807) is 0 Å². The Morgan fingerprint density at radius 2 is 1.97 bits per heavy atom. The summed E-state index contributed by atoms with van der Waals surface area (Å²) in [6.45, 7) is 4.27. The van der Waals surface area contributed by atoms with E-state index in [-0.39, 0.29) is 23.0 Å². The summed E-state index contributed by atoms with van der Waals surface area (Å²) in [6.07, 6.45) is 1.18. The number of nitrogens with zero attached hydrogens (tertiary/aromatic N) is 5. The number of benzene rings is 1. The Morgan fingerprint density at radius 3 is 2.62 bits per heavy atom. The molecule has 1 amide bonds. The number of carbonyl (C=O) groups excluding carboxylic acids is 1. The molecule has 0 aliphatic heterocycles. The molecule has 0 atom stereocenters. The second kappa shape index (κ2) is 9.21. The van der Waals surface area contributed by atoms with Crippen LogP contribution in [0.25, 0.3) is 0 Å². The van der Waals surface area contributed by atoms with Crippen LogP contribution in [0.1, 0.15) is 51.0 Å². The van der Waals surface area contributed by atoms with Crippen LogP contribution < -0.4 is 10.9 Å². The van der Waals surface area contributed by atoms with E-state index in [0.29, 0.717) is 35.7 Å². The lowest BCUT2D eigenvalue weighted by molar-refractivity contribution is 0.0950. The summed E-state index contributed by atoms with van der Waals surface area (Å²) in [5, 5.41) is 25.2. The Kier molecular flexibility index (Phi) is 6.46. The molecule has 0 radical (unpaired) electrons. The van der Waals surface area contributed by atoms with Crippen molar-refractivity contribution in [2.24, 2.45) is 0 Å². The summed E-state index contributed by atoms with van der Waals surface area (Å²) in [5.74, 6) is -0.328. The average molecular weight is 408 g/mol. The fourth-order valence-corrected chi connectivity index (χ4v) is 3.67. The van der Waals surface area contributed by atoms with Crippen molar-refractivity contribution in [2.75, 3.05) is 0 Å². The molecule has 0 aliphatic carbocycles. The normalized spacial score (nSPS) is 10.5. The molecule has 2 aromatic heterocycles. The molecule has 0 aliphatic rings. The van der Waals surface area contributed by atoms with E-state index < -0.39 is 5.56 Å². The fourth-order valence-electron chi connectivity index (χ4n) is 2.93. The first kappa shape index (κ1) is 20.4. The molecule has 0 saturated carbocycles. The first-order valence-electron chi connectivity index (χ1n) is 9.24. The molecule has 2 heterocycles. The minimum Gasteiger partial charge on any atom is -0.346 e. The van der Waals surface area contributed by atoms with Gasteiger partial charge in [-0.05, 0) is 24.0 Å². The second-order valence-electron chi connectivity index (χ2n) is 6.25. The van der Waals surface area contributed by atoms with Gasteiger partial charge in [0.2, 0.25) is 5.01 Å². The van der Waals surface area contributed by atoms with E-state index >= 15 is 0 Å². The number of aromatic nitrogens is 4. The highest BCUT2D eigenvalue weighted by atomic mass is 32.1. The van der Waals surface area contributed by atoms with Gasteiger partial charge in [-0.1, -0.05) is 55.5 Å². The summed E-state index contributed by atoms with van der Waals surface area (Å²) in [4.78, 5) is 24.9. The van der Waals surface area contributed by atoms with Crippen LogP contribution in [0.2, 0.25) is 0 Å². The molecule has 1 aromatic carbocycles. The monoisotopic (exact) mass is 408 g/mol. The van der Waals surface area contributed by atoms with Crippen LogP contribution in [-0.2, 0) is 25.9 Å². The van der Waals surface area contributed by atoms with E-state index in [2.05, 4.69) is 20.6 Å². The van der Waals surface area contributed by atoms with Crippen molar-refractivity contribution in [2.45, 2.75) is 39.8 Å². The van der Waals surface area contributed by atoms with Crippen molar-refractivity contribution in [1.29, 1.82) is 5.26 Å². The van der Waals surface area contributed by atoms with Gasteiger partial charge in [0.1, 0.15) is 16.6 Å². The van der Waals surface area contributed by atoms with Gasteiger partial charge in [-0.25, -0.2) is 4.68 Å². The zero-order valence-corrected chi connectivity index (χ0v) is 17.0. The molecule has 9 heteroatoms. The molecule has 1 N–H and O–H groups in total. The molecular weight excluding hydrogens is 388 g/mol. The smallest absolute Gasteiger partial charge is 0.285 e. The average Bonchev–Trinajstić information content (AvgIpc) is 3.22. The molecule has 0 unspecified atom stereocenters. The summed E-state index contributed by atoms with van der Waals surface area (Å²) < 4.78 is 1.22. The standard InChI is InChI=1S/C20H20N6O2S/c1-3-14-15(10-21)20(28)26(25-16(14)4-2)12-17-23-24-19(29-17)18(27)22-11-13-8-6-5-7-9-13/h5-9H,3-4,11-12H2,1-2H3,(H,22,27). The van der Waals surface area contributed by atoms with Gasteiger partial charge in [-0.15, -0.1) is 10.2 Å². The maximum absolute atomic E-state index is 12.6. The first-order chi connectivity index (χ1) is 14.1. The largest absolute Gasteiger partial charge is 0.346 e. The predicted octanol–water partition coefficient (Wildman–Crippen LogP) is 2.07. The molecule has 0 bridgehead atoms. The SMILES string of the molecule is CCc1nn(Cc2nnc(C(=O)NCc3ccccc3)s2)c(=O)c(C#N)c1CC. The summed E-state index contributed by atoms with van der Waals surface area (Å²) in [6, 6.07) is 11.6. The van der Waals surface area contributed by atoms with Crippen LogP contribution in [0.4, 0.5) is 0 Å². The topological polar surface area (TPSA) is 114 Å². The van der Waals surface area contributed by atoms with Crippen LogP contribution in [0.5, 0.6) is 0 Å². The summed E-state index contributed by atoms with van der Waals surface area (Å²) in [5.41, 5.74) is 2.05. The second-order valence-corrected chi connectivity index (χ2v) is 7.31. The Bertz CT molecular complexity index is 1110. The van der Waals surface area contributed by atoms with E-state index in [1.165, 1.54) is 4.68 Å². The van der Waals surface area contributed by atoms with Gasteiger partial charge in [0.25, 0.3) is 11.5 Å². The number of nitrogens with one attached hydrogen (secondary N) is 1. The molecule has 148 valence electrons. The maximum atomic E-state index is 12.6. The Morgan fingerprint density at radius 1 is 1.21 bits per heavy atom. The van der Waals surface area contributed by atoms with Gasteiger partial charge in [-0.3, -0.25) is 9.59 Å². The van der Waals surface area contributed by atoms with E-state index in [9.17, 15) is 14.9 Å². The van der Waals surface area contributed by atoms with Crippen molar-refractivity contribution in [3.8, 4) is 6.07 Å². The summed E-state index contributed by atoms with van der Waals surface area (Å²) in [7, 11) is 0. The molecule has 3 aromatic rings. The van der Waals surface area contributed by atoms with Crippen LogP contribution in [0.15, 0.2) is 35.1 Å². The number of amides is 1. The summed E-state index contributed by atoms with van der Waals surface area (Å²) >= 11 is 1.10. The number of rotatable bonds is 7. The Labute approximate surface area is 171 Å². The van der Waals surface area contributed by atoms with Gasteiger partial charge >= 0.3 is 0 Å². The zero-order chi connectivity index (χ0) is 20.8. The highest BCUT2D eigenvalue weighted by molar-refractivity contribution is 7.13. The molecule has 29 heavy (non-hydrogen) atoms. The van der Waals surface area contributed by atoms with Gasteiger partial charge < -0.3 is 5.32 Å². The number of aryl methyl sites for hydroxylation is 1. The van der Waals surface area contributed by atoms with Crippen LogP contribution >= 0.6 is 11.3 Å². The fraction of sp³-hybridized carbons (Fsp3) is 0.300. The highest BCUT2D eigenvalue weighted by Gasteiger charge is 2.18. The molecule has 0 saturated heterocycles. The molecule has 8 nitrogen and oxygen atoms in total. The van der Waals surface area contributed by atoms with Crippen LogP contribution in [0.3, 0.4) is 0 Å². The van der Waals surface area contributed by atoms with E-state index in [1.807, 2.05) is 50.2 Å². The minimum atomic E-state index is -0.452. The molecule has 0 spiro atoms. The lowest BCUT2D eigenvalue weighted by atomic mass is 10.0. The maximum Gasteiger partial charge on any atom is 0.285 e. The molecule has 0 fully saturated rings. The van der Waals surface area contributed by atoms with Gasteiger partial charge in [0.05, 0.1) is 12.2 Å². The minimum absolute atomic E-state index is 0.0636. The van der Waals surface area contributed by atoms with Crippen molar-refractivity contribution in [3.05, 3.63) is 73.1 Å². The number of hydrogen-bond donors (Lipinski definition) is 1. The third-order valence-electron chi connectivity index (χ3n) is 4.38. The zero-order valence-electron chi connectivity index (χ0n) is 16.2.